The lowest BCUT2D eigenvalue weighted by atomic mass is 9.73. The molecule has 5 rings (SSSR count). The molecule has 2 saturated heterocycles. The number of amides is 2. The minimum atomic E-state index is -0.575. The highest BCUT2D eigenvalue weighted by Gasteiger charge is 2.39. The molecule has 2 amide bonds. The number of esters is 1. The fraction of sp³-hybridized carbons (Fsp3) is 0.594. The second kappa shape index (κ2) is 12.8. The maximum Gasteiger partial charge on any atom is 0.320 e. The number of nitrogens with zero attached hydrogens (tertiary/aromatic N) is 5. The van der Waals surface area contributed by atoms with E-state index in [1.165, 1.54) is 11.1 Å². The maximum atomic E-state index is 13.1. The Morgan fingerprint density at radius 2 is 1.76 bits per heavy atom. The minimum absolute atomic E-state index is 0.0368. The van der Waals surface area contributed by atoms with Gasteiger partial charge in [0.05, 0.1) is 42.2 Å². The highest BCUT2D eigenvalue weighted by Crippen LogP contribution is 2.37. The van der Waals surface area contributed by atoms with Crippen molar-refractivity contribution in [2.75, 3.05) is 57.3 Å². The normalized spacial score (nSPS) is 19.4. The van der Waals surface area contributed by atoms with Crippen LogP contribution < -0.4 is 4.90 Å². The number of pyridine rings is 1. The van der Waals surface area contributed by atoms with Crippen molar-refractivity contribution in [1.29, 1.82) is 0 Å². The Kier molecular flexibility index (Phi) is 9.14. The first kappa shape index (κ1) is 29.3. The molecule has 9 heteroatoms. The van der Waals surface area contributed by atoms with E-state index in [1.807, 2.05) is 37.9 Å². The third-order valence-electron chi connectivity index (χ3n) is 9.13. The summed E-state index contributed by atoms with van der Waals surface area (Å²) in [5.41, 5.74) is 4.17. The number of carbonyl (C=O) groups excluding carboxylic acids is 2. The topological polar surface area (TPSA) is 89.5 Å². The summed E-state index contributed by atoms with van der Waals surface area (Å²) in [4.78, 5) is 38.3. The minimum Gasteiger partial charge on any atom is -0.466 e. The fourth-order valence-corrected chi connectivity index (χ4v) is 6.50. The SMILES string of the molecule is CCOC(=O)C(C)(C)C1CCN(c2ccc(CN3CCN(C[C@H](O)CN4CCc5ccccc5C4)C3=O)nc2)CC1. The second-order valence-corrected chi connectivity index (χ2v) is 12.3. The molecule has 0 saturated carbocycles. The van der Waals surface area contributed by atoms with E-state index in [2.05, 4.69) is 45.1 Å². The Labute approximate surface area is 244 Å². The number of anilines is 1. The number of aromatic nitrogens is 1. The van der Waals surface area contributed by atoms with Gasteiger partial charge in [0.15, 0.2) is 0 Å². The monoisotopic (exact) mass is 563 g/mol. The smallest absolute Gasteiger partial charge is 0.320 e. The molecule has 3 aliphatic heterocycles. The zero-order chi connectivity index (χ0) is 29.0. The van der Waals surface area contributed by atoms with Crippen molar-refractivity contribution in [2.45, 2.75) is 59.2 Å². The van der Waals surface area contributed by atoms with Gasteiger partial charge in [-0.3, -0.25) is 14.7 Å². The van der Waals surface area contributed by atoms with Gasteiger partial charge in [-0.1, -0.05) is 24.3 Å². The second-order valence-electron chi connectivity index (χ2n) is 12.3. The number of hydrogen-bond acceptors (Lipinski definition) is 7. The average molecular weight is 564 g/mol. The summed E-state index contributed by atoms with van der Waals surface area (Å²) in [6, 6.07) is 12.5. The standard InChI is InChI=1S/C32H45N5O4/c1-4-41-30(39)32(2,3)26-12-15-35(16-13-26)28-10-9-27(33-19-28)21-36-17-18-37(31(36)40)23-29(38)22-34-14-11-24-7-5-6-8-25(24)20-34/h5-10,19,26,29,38H,4,11-18,20-23H2,1-3H3/t29-/m1/s1. The number of carbonyl (C=O) groups is 2. The van der Waals surface area contributed by atoms with Crippen LogP contribution in [0.2, 0.25) is 0 Å². The number of ether oxygens (including phenoxy) is 1. The largest absolute Gasteiger partial charge is 0.466 e. The first-order valence-corrected chi connectivity index (χ1v) is 15.1. The van der Waals surface area contributed by atoms with Gasteiger partial charge in [0, 0.05) is 52.4 Å². The number of piperidine rings is 1. The molecule has 9 nitrogen and oxygen atoms in total. The molecule has 0 radical (unpaired) electrons. The zero-order valence-electron chi connectivity index (χ0n) is 24.8. The van der Waals surface area contributed by atoms with Crippen molar-refractivity contribution in [3.05, 3.63) is 59.4 Å². The van der Waals surface area contributed by atoms with Gasteiger partial charge in [-0.25, -0.2) is 4.79 Å². The van der Waals surface area contributed by atoms with Gasteiger partial charge < -0.3 is 24.5 Å². The Morgan fingerprint density at radius 1 is 1.02 bits per heavy atom. The molecule has 2 fully saturated rings. The number of fused-ring (bicyclic) bond motifs is 1. The van der Waals surface area contributed by atoms with Crippen LogP contribution in [0.25, 0.3) is 0 Å². The van der Waals surface area contributed by atoms with Crippen molar-refractivity contribution in [2.24, 2.45) is 11.3 Å². The van der Waals surface area contributed by atoms with E-state index >= 15 is 0 Å². The number of benzene rings is 1. The van der Waals surface area contributed by atoms with Crippen molar-refractivity contribution >= 4 is 17.7 Å². The van der Waals surface area contributed by atoms with Crippen LogP contribution in [0, 0.1) is 11.3 Å². The van der Waals surface area contributed by atoms with Gasteiger partial charge >= 0.3 is 12.0 Å². The van der Waals surface area contributed by atoms with Crippen LogP contribution in [-0.4, -0.2) is 95.3 Å². The third-order valence-corrected chi connectivity index (χ3v) is 9.13. The lowest BCUT2D eigenvalue weighted by Crippen LogP contribution is -2.43. The van der Waals surface area contributed by atoms with Crippen molar-refractivity contribution < 1.29 is 19.4 Å². The van der Waals surface area contributed by atoms with Crippen LogP contribution in [-0.2, 0) is 29.0 Å². The van der Waals surface area contributed by atoms with Crippen LogP contribution in [0.1, 0.15) is 50.4 Å². The lowest BCUT2D eigenvalue weighted by molar-refractivity contribution is -0.157. The Bertz CT molecular complexity index is 1190. The third kappa shape index (κ3) is 6.84. The van der Waals surface area contributed by atoms with Gasteiger partial charge in [-0.2, -0.15) is 0 Å². The molecule has 0 spiro atoms. The molecular formula is C32H45N5O4. The van der Waals surface area contributed by atoms with Gasteiger partial charge in [0.2, 0.25) is 0 Å². The molecule has 4 heterocycles. The fourth-order valence-electron chi connectivity index (χ4n) is 6.50. The summed E-state index contributed by atoms with van der Waals surface area (Å²) in [5, 5.41) is 10.8. The quantitative estimate of drug-likeness (QED) is 0.443. The summed E-state index contributed by atoms with van der Waals surface area (Å²) in [6.07, 6.45) is 4.18. The summed E-state index contributed by atoms with van der Waals surface area (Å²) in [7, 11) is 0. The predicted molar refractivity (Wildman–Crippen MR) is 158 cm³/mol. The zero-order valence-corrected chi connectivity index (χ0v) is 24.8. The Morgan fingerprint density at radius 3 is 2.46 bits per heavy atom. The van der Waals surface area contributed by atoms with Crippen molar-refractivity contribution in [3.63, 3.8) is 0 Å². The summed E-state index contributed by atoms with van der Waals surface area (Å²) >= 11 is 0. The number of rotatable bonds is 10. The molecular weight excluding hydrogens is 518 g/mol. The van der Waals surface area contributed by atoms with Gasteiger partial charge in [-0.05, 0) is 69.2 Å². The lowest BCUT2D eigenvalue weighted by Gasteiger charge is -2.39. The van der Waals surface area contributed by atoms with Gasteiger partial charge in [0.25, 0.3) is 0 Å². The number of aliphatic hydroxyl groups excluding tert-OH is 1. The number of hydrogen-bond donors (Lipinski definition) is 1. The van der Waals surface area contributed by atoms with Crippen LogP contribution in [0.3, 0.4) is 0 Å². The molecule has 41 heavy (non-hydrogen) atoms. The molecule has 2 aromatic rings. The number of β-amino-alcohol motifs (C(OH)–C–C–N with tert-alkyl or cyclic N) is 1. The van der Waals surface area contributed by atoms with E-state index in [4.69, 9.17) is 4.74 Å². The first-order chi connectivity index (χ1) is 19.7. The number of aliphatic hydroxyl groups is 1. The molecule has 3 aliphatic rings. The summed E-state index contributed by atoms with van der Waals surface area (Å²) in [5.74, 6) is 0.186. The van der Waals surface area contributed by atoms with E-state index < -0.39 is 11.5 Å². The number of urea groups is 1. The Balaban J connectivity index is 1.07. The van der Waals surface area contributed by atoms with E-state index in [1.54, 1.807) is 4.90 Å². The van der Waals surface area contributed by atoms with Crippen LogP contribution >= 0.6 is 0 Å². The Hall–Kier alpha value is -3.17. The predicted octanol–water partition coefficient (Wildman–Crippen LogP) is 3.54. The summed E-state index contributed by atoms with van der Waals surface area (Å²) < 4.78 is 5.31. The average Bonchev–Trinajstić information content (AvgIpc) is 3.31. The van der Waals surface area contributed by atoms with E-state index in [9.17, 15) is 14.7 Å². The van der Waals surface area contributed by atoms with E-state index in [-0.39, 0.29) is 12.0 Å². The first-order valence-electron chi connectivity index (χ1n) is 15.1. The van der Waals surface area contributed by atoms with Crippen molar-refractivity contribution in [3.8, 4) is 0 Å². The molecule has 0 unspecified atom stereocenters. The van der Waals surface area contributed by atoms with Crippen molar-refractivity contribution in [1.82, 2.24) is 19.7 Å². The van der Waals surface area contributed by atoms with Crippen LogP contribution in [0.4, 0.5) is 10.5 Å². The molecule has 0 aliphatic carbocycles. The molecule has 1 aromatic carbocycles. The molecule has 0 bridgehead atoms. The maximum absolute atomic E-state index is 13.1. The molecule has 1 aromatic heterocycles. The van der Waals surface area contributed by atoms with Gasteiger partial charge in [0.1, 0.15) is 0 Å². The molecule has 1 N–H and O–H groups in total. The van der Waals surface area contributed by atoms with Crippen LogP contribution in [0.5, 0.6) is 0 Å². The van der Waals surface area contributed by atoms with E-state index in [0.29, 0.717) is 45.2 Å². The molecule has 1 atom stereocenters. The summed E-state index contributed by atoms with van der Waals surface area (Å²) in [6.45, 7) is 12.4. The highest BCUT2D eigenvalue weighted by atomic mass is 16.5. The molecule has 222 valence electrons. The van der Waals surface area contributed by atoms with Gasteiger partial charge in [-0.15, -0.1) is 0 Å². The van der Waals surface area contributed by atoms with E-state index in [0.717, 1.165) is 56.8 Å². The van der Waals surface area contributed by atoms with Crippen LogP contribution in [0.15, 0.2) is 42.6 Å². The highest BCUT2D eigenvalue weighted by molar-refractivity contribution is 5.77.